The van der Waals surface area contributed by atoms with E-state index in [-0.39, 0.29) is 34.7 Å². The van der Waals surface area contributed by atoms with Gasteiger partial charge in [0.25, 0.3) is 0 Å². The van der Waals surface area contributed by atoms with Crippen molar-refractivity contribution in [3.05, 3.63) is 53.9 Å². The highest BCUT2D eigenvalue weighted by molar-refractivity contribution is 5.92. The van der Waals surface area contributed by atoms with E-state index in [9.17, 15) is 26.7 Å². The molecule has 0 spiro atoms. The van der Waals surface area contributed by atoms with Gasteiger partial charge in [-0.3, -0.25) is 0 Å². The van der Waals surface area contributed by atoms with E-state index in [0.717, 1.165) is 30.6 Å². The monoisotopic (exact) mass is 483 g/mol. The summed E-state index contributed by atoms with van der Waals surface area (Å²) in [5.41, 5.74) is -2.25. The van der Waals surface area contributed by atoms with Crippen LogP contribution in [0.2, 0.25) is 0 Å². The summed E-state index contributed by atoms with van der Waals surface area (Å²) >= 11 is 0. The predicted molar refractivity (Wildman–Crippen MR) is 114 cm³/mol. The van der Waals surface area contributed by atoms with Gasteiger partial charge in [0.15, 0.2) is 11.6 Å². The number of halogens is 5. The molecular formula is C23H22F5N3O3. The maximum Gasteiger partial charge on any atom is 0.419 e. The Bertz CT molecular complexity index is 1220. The molecule has 0 aliphatic rings. The quantitative estimate of drug-likeness (QED) is 0.400. The summed E-state index contributed by atoms with van der Waals surface area (Å²) in [6.07, 6.45) is -4.77. The number of aromatic nitrogens is 2. The third-order valence-corrected chi connectivity index (χ3v) is 5.05. The number of fused-ring (bicyclic) bond motifs is 1. The Labute approximate surface area is 191 Å². The van der Waals surface area contributed by atoms with E-state index in [4.69, 9.17) is 9.84 Å². The predicted octanol–water partition coefficient (Wildman–Crippen LogP) is 6.05. The van der Waals surface area contributed by atoms with Crippen LogP contribution in [0, 0.1) is 17.6 Å². The third-order valence-electron chi connectivity index (χ3n) is 5.05. The maximum absolute atomic E-state index is 13.9. The Balaban J connectivity index is 2.02. The fourth-order valence-electron chi connectivity index (χ4n) is 3.85. The highest BCUT2D eigenvalue weighted by Crippen LogP contribution is 2.40. The number of nitrogens with one attached hydrogen (secondary N) is 1. The lowest BCUT2D eigenvalue weighted by Gasteiger charge is -2.31. The zero-order chi connectivity index (χ0) is 25.3. The van der Waals surface area contributed by atoms with Crippen LogP contribution in [0.5, 0.6) is 5.75 Å². The molecule has 11 heteroatoms. The third kappa shape index (κ3) is 5.70. The van der Waals surface area contributed by atoms with E-state index in [1.165, 1.54) is 6.07 Å². The first-order chi connectivity index (χ1) is 15.8. The molecular weight excluding hydrogens is 461 g/mol. The van der Waals surface area contributed by atoms with Crippen molar-refractivity contribution in [2.24, 2.45) is 5.92 Å². The molecule has 34 heavy (non-hydrogen) atoms. The number of amides is 1. The first-order valence-electron chi connectivity index (χ1n) is 10.2. The normalized spacial score (nSPS) is 13.7. The first-order valence-corrected chi connectivity index (χ1v) is 10.2. The van der Waals surface area contributed by atoms with Gasteiger partial charge in [-0.25, -0.2) is 23.5 Å². The maximum atomic E-state index is 13.9. The van der Waals surface area contributed by atoms with Gasteiger partial charge in [0, 0.05) is 17.0 Å². The Kier molecular flexibility index (Phi) is 6.94. The van der Waals surface area contributed by atoms with Gasteiger partial charge in [-0.15, -0.1) is 0 Å². The lowest BCUT2D eigenvalue weighted by atomic mass is 9.91. The zero-order valence-corrected chi connectivity index (χ0v) is 18.5. The summed E-state index contributed by atoms with van der Waals surface area (Å²) in [7, 11) is 0. The van der Waals surface area contributed by atoms with Crippen molar-refractivity contribution < 1.29 is 36.6 Å². The average molecular weight is 483 g/mol. The fraction of sp³-hybridized carbons (Fsp3) is 0.348. The van der Waals surface area contributed by atoms with Crippen LogP contribution >= 0.6 is 0 Å². The minimum absolute atomic E-state index is 0.00770. The molecule has 1 atom stereocenters. The molecule has 3 rings (SSSR count). The second kappa shape index (κ2) is 9.40. The summed E-state index contributed by atoms with van der Waals surface area (Å²) in [5.74, 6) is -2.79. The van der Waals surface area contributed by atoms with E-state index in [1.54, 1.807) is 6.92 Å². The number of nitrogens with zero attached hydrogens (tertiary/aromatic N) is 2. The van der Waals surface area contributed by atoms with Crippen molar-refractivity contribution in [2.75, 3.05) is 6.61 Å². The summed E-state index contributed by atoms with van der Waals surface area (Å²) in [5, 5.41) is 11.5. The van der Waals surface area contributed by atoms with Crippen LogP contribution in [0.1, 0.15) is 32.8 Å². The van der Waals surface area contributed by atoms with Crippen molar-refractivity contribution in [2.45, 2.75) is 38.9 Å². The van der Waals surface area contributed by atoms with Gasteiger partial charge >= 0.3 is 12.3 Å². The number of rotatable bonds is 7. The number of carbonyl (C=O) groups is 1. The number of alkyl halides is 3. The van der Waals surface area contributed by atoms with Gasteiger partial charge in [0.05, 0.1) is 22.3 Å². The molecule has 0 bridgehead atoms. The lowest BCUT2D eigenvalue weighted by molar-refractivity contribution is -0.139. The molecule has 1 aromatic heterocycles. The van der Waals surface area contributed by atoms with E-state index >= 15 is 0 Å². The van der Waals surface area contributed by atoms with Crippen molar-refractivity contribution in [1.82, 2.24) is 15.3 Å². The van der Waals surface area contributed by atoms with E-state index in [1.807, 2.05) is 13.8 Å². The molecule has 0 aliphatic carbocycles. The number of hydrogen-bond acceptors (Lipinski definition) is 4. The highest BCUT2D eigenvalue weighted by Gasteiger charge is 2.36. The second-order valence-corrected chi connectivity index (χ2v) is 8.59. The molecule has 1 heterocycles. The molecule has 6 nitrogen and oxygen atoms in total. The Hall–Kier alpha value is -3.50. The smallest absolute Gasteiger partial charge is 0.419 e. The van der Waals surface area contributed by atoms with Crippen molar-refractivity contribution in [3.8, 4) is 17.0 Å². The number of ether oxygens (including phenoxy) is 1. The van der Waals surface area contributed by atoms with Crippen molar-refractivity contribution in [3.63, 3.8) is 0 Å². The molecule has 2 aromatic carbocycles. The van der Waals surface area contributed by atoms with Crippen molar-refractivity contribution >= 4 is 17.0 Å². The fourth-order valence-corrected chi connectivity index (χ4v) is 3.85. The minimum atomic E-state index is -4.82. The van der Waals surface area contributed by atoms with Crippen LogP contribution in [-0.4, -0.2) is 33.3 Å². The van der Waals surface area contributed by atoms with E-state index in [2.05, 4.69) is 15.3 Å². The Morgan fingerprint density at radius 1 is 1.12 bits per heavy atom. The topological polar surface area (TPSA) is 84.3 Å². The van der Waals surface area contributed by atoms with Gasteiger partial charge in [0.1, 0.15) is 18.7 Å². The lowest BCUT2D eigenvalue weighted by Crippen LogP contribution is -2.50. The highest BCUT2D eigenvalue weighted by atomic mass is 19.4. The van der Waals surface area contributed by atoms with Crippen LogP contribution in [0.25, 0.3) is 22.2 Å². The van der Waals surface area contributed by atoms with Crippen LogP contribution in [0.15, 0.2) is 36.7 Å². The molecule has 182 valence electrons. The number of hydrogen-bond donors (Lipinski definition) is 2. The van der Waals surface area contributed by atoms with Gasteiger partial charge < -0.3 is 15.2 Å². The van der Waals surface area contributed by atoms with Crippen LogP contribution in [0.3, 0.4) is 0 Å². The molecule has 0 saturated heterocycles. The Morgan fingerprint density at radius 2 is 1.79 bits per heavy atom. The molecule has 1 amide bonds. The number of benzene rings is 2. The molecule has 3 aromatic rings. The molecule has 0 saturated carbocycles. The van der Waals surface area contributed by atoms with Gasteiger partial charge in [0.2, 0.25) is 0 Å². The molecule has 2 N–H and O–H groups in total. The van der Waals surface area contributed by atoms with Gasteiger partial charge in [-0.1, -0.05) is 13.8 Å². The Morgan fingerprint density at radius 3 is 2.41 bits per heavy atom. The average Bonchev–Trinajstić information content (AvgIpc) is 2.71. The molecule has 0 unspecified atom stereocenters. The standard InChI is InChI=1S/C23H22F5N3O3/c1-12(2)9-22(3,31-21(32)33)10-34-19-5-4-13(6-15(19)23(26,27)28)20-14-7-16(24)17(25)8-18(14)29-11-30-20/h4-8,11-12,31H,9-10H2,1-3H3,(H,32,33)/t22-/m0/s1. The number of carboxylic acid groups (broad SMARTS) is 1. The second-order valence-electron chi connectivity index (χ2n) is 8.59. The van der Waals surface area contributed by atoms with Gasteiger partial charge in [-0.2, -0.15) is 13.2 Å². The molecule has 0 fully saturated rings. The van der Waals surface area contributed by atoms with E-state index < -0.39 is 40.8 Å². The minimum Gasteiger partial charge on any atom is -0.491 e. The molecule has 0 radical (unpaired) electrons. The first kappa shape index (κ1) is 25.1. The van der Waals surface area contributed by atoms with Gasteiger partial charge in [-0.05, 0) is 43.5 Å². The van der Waals surface area contributed by atoms with Crippen LogP contribution in [-0.2, 0) is 6.18 Å². The summed E-state index contributed by atoms with van der Waals surface area (Å²) in [6.45, 7) is 4.89. The zero-order valence-electron chi connectivity index (χ0n) is 18.5. The SMILES string of the molecule is CC(C)C[C@@](C)(COc1ccc(-c2ncnc3cc(F)c(F)cc23)cc1C(F)(F)F)NC(=O)O. The summed E-state index contributed by atoms with van der Waals surface area (Å²) < 4.78 is 74.4. The summed E-state index contributed by atoms with van der Waals surface area (Å²) in [4.78, 5) is 19.0. The van der Waals surface area contributed by atoms with Crippen LogP contribution < -0.4 is 10.1 Å². The van der Waals surface area contributed by atoms with Crippen LogP contribution in [0.4, 0.5) is 26.7 Å². The largest absolute Gasteiger partial charge is 0.491 e. The molecule has 0 aliphatic heterocycles. The van der Waals surface area contributed by atoms with E-state index in [0.29, 0.717) is 6.42 Å². The summed E-state index contributed by atoms with van der Waals surface area (Å²) in [6, 6.07) is 4.85. The van der Waals surface area contributed by atoms with Crippen molar-refractivity contribution in [1.29, 1.82) is 0 Å².